The van der Waals surface area contributed by atoms with Crippen LogP contribution in [0.15, 0.2) is 0 Å². The molecule has 4 nitrogen and oxygen atoms in total. The Morgan fingerprint density at radius 1 is 0.710 bits per heavy atom. The number of hydrogen-bond acceptors (Lipinski definition) is 4. The van der Waals surface area contributed by atoms with Gasteiger partial charge in [0.1, 0.15) is 0 Å². The van der Waals surface area contributed by atoms with E-state index in [-0.39, 0.29) is 12.6 Å². The van der Waals surface area contributed by atoms with Crippen LogP contribution in [0.5, 0.6) is 0 Å². The molecule has 0 aromatic rings. The fourth-order valence-electron chi connectivity index (χ4n) is 4.10. The first kappa shape index (κ1) is 30.4. The van der Waals surface area contributed by atoms with E-state index in [4.69, 9.17) is 9.84 Å². The first-order valence-electron chi connectivity index (χ1n) is 13.7. The topological polar surface area (TPSA) is 58.6 Å². The molecule has 1 atom stereocenters. The normalized spacial score (nSPS) is 12.2. The molecule has 0 amide bonds. The zero-order valence-electron chi connectivity index (χ0n) is 21.1. The summed E-state index contributed by atoms with van der Waals surface area (Å²) in [5.74, 6) is 0.532. The number of rotatable bonds is 25. The molecule has 0 aliphatic heterocycles. The SMILES string of the molecule is CCCCCCCCCC(CCCCCCCC)COC(=O)CCCCCNCCO. The van der Waals surface area contributed by atoms with Gasteiger partial charge in [0.2, 0.25) is 0 Å². The number of nitrogens with one attached hydrogen (secondary N) is 1. The summed E-state index contributed by atoms with van der Waals surface area (Å²) in [6.45, 7) is 6.91. The summed E-state index contributed by atoms with van der Waals surface area (Å²) in [6.07, 6.45) is 23.3. The fraction of sp³-hybridized carbons (Fsp3) is 0.963. The number of hydrogen-bond donors (Lipinski definition) is 2. The first-order valence-corrected chi connectivity index (χ1v) is 13.7. The third-order valence-electron chi connectivity index (χ3n) is 6.18. The summed E-state index contributed by atoms with van der Waals surface area (Å²) in [4.78, 5) is 12.1. The molecule has 0 aliphatic rings. The third-order valence-corrected chi connectivity index (χ3v) is 6.18. The van der Waals surface area contributed by atoms with Gasteiger partial charge in [-0.05, 0) is 38.1 Å². The van der Waals surface area contributed by atoms with Crippen LogP contribution in [-0.4, -0.2) is 37.4 Å². The Morgan fingerprint density at radius 3 is 1.77 bits per heavy atom. The summed E-state index contributed by atoms with van der Waals surface area (Å²) in [5, 5.41) is 11.9. The molecule has 186 valence electrons. The Balaban J connectivity index is 3.96. The number of ether oxygens (including phenoxy) is 1. The number of esters is 1. The Labute approximate surface area is 194 Å². The van der Waals surface area contributed by atoms with Crippen molar-refractivity contribution in [3.05, 3.63) is 0 Å². The van der Waals surface area contributed by atoms with Gasteiger partial charge in [-0.2, -0.15) is 0 Å². The molecule has 0 radical (unpaired) electrons. The van der Waals surface area contributed by atoms with Gasteiger partial charge in [0.15, 0.2) is 0 Å². The number of carbonyl (C=O) groups excluding carboxylic acids is 1. The lowest BCUT2D eigenvalue weighted by molar-refractivity contribution is -0.145. The second-order valence-electron chi connectivity index (χ2n) is 9.30. The second-order valence-corrected chi connectivity index (χ2v) is 9.30. The predicted molar refractivity (Wildman–Crippen MR) is 133 cm³/mol. The lowest BCUT2D eigenvalue weighted by Crippen LogP contribution is -2.19. The molecule has 0 saturated heterocycles. The van der Waals surface area contributed by atoms with Crippen molar-refractivity contribution in [3.63, 3.8) is 0 Å². The van der Waals surface area contributed by atoms with Gasteiger partial charge < -0.3 is 15.2 Å². The van der Waals surface area contributed by atoms with Crippen molar-refractivity contribution < 1.29 is 14.6 Å². The molecule has 0 aromatic heterocycles. The fourth-order valence-corrected chi connectivity index (χ4v) is 4.10. The zero-order valence-corrected chi connectivity index (χ0v) is 21.1. The van der Waals surface area contributed by atoms with Gasteiger partial charge in [-0.25, -0.2) is 0 Å². The highest BCUT2D eigenvalue weighted by Gasteiger charge is 2.12. The van der Waals surface area contributed by atoms with Gasteiger partial charge in [-0.3, -0.25) is 4.79 Å². The van der Waals surface area contributed by atoms with Crippen LogP contribution in [0.1, 0.15) is 136 Å². The van der Waals surface area contributed by atoms with E-state index in [9.17, 15) is 4.79 Å². The van der Waals surface area contributed by atoms with E-state index in [1.54, 1.807) is 0 Å². The van der Waals surface area contributed by atoms with E-state index in [1.165, 1.54) is 96.3 Å². The lowest BCUT2D eigenvalue weighted by atomic mass is 9.94. The van der Waals surface area contributed by atoms with Crippen molar-refractivity contribution in [1.82, 2.24) is 5.32 Å². The highest BCUT2D eigenvalue weighted by Crippen LogP contribution is 2.20. The molecule has 0 heterocycles. The smallest absolute Gasteiger partial charge is 0.305 e. The van der Waals surface area contributed by atoms with Gasteiger partial charge in [0.25, 0.3) is 0 Å². The summed E-state index contributed by atoms with van der Waals surface area (Å²) >= 11 is 0. The van der Waals surface area contributed by atoms with E-state index < -0.39 is 0 Å². The van der Waals surface area contributed by atoms with Crippen LogP contribution >= 0.6 is 0 Å². The second kappa shape index (κ2) is 25.6. The maximum Gasteiger partial charge on any atom is 0.305 e. The summed E-state index contributed by atoms with van der Waals surface area (Å²) in [7, 11) is 0. The van der Waals surface area contributed by atoms with Crippen molar-refractivity contribution in [2.75, 3.05) is 26.3 Å². The van der Waals surface area contributed by atoms with Crippen LogP contribution in [-0.2, 0) is 9.53 Å². The highest BCUT2D eigenvalue weighted by atomic mass is 16.5. The van der Waals surface area contributed by atoms with Crippen molar-refractivity contribution in [1.29, 1.82) is 0 Å². The summed E-state index contributed by atoms with van der Waals surface area (Å²) < 4.78 is 5.67. The zero-order chi connectivity index (χ0) is 22.8. The third kappa shape index (κ3) is 23.9. The first-order chi connectivity index (χ1) is 15.2. The largest absolute Gasteiger partial charge is 0.465 e. The van der Waals surface area contributed by atoms with Crippen molar-refractivity contribution in [2.24, 2.45) is 5.92 Å². The molecule has 0 rings (SSSR count). The van der Waals surface area contributed by atoms with Crippen LogP contribution in [0, 0.1) is 5.92 Å². The van der Waals surface area contributed by atoms with E-state index in [1.807, 2.05) is 0 Å². The van der Waals surface area contributed by atoms with E-state index in [0.717, 1.165) is 25.8 Å². The molecule has 0 aliphatic carbocycles. The van der Waals surface area contributed by atoms with E-state index in [2.05, 4.69) is 19.2 Å². The minimum Gasteiger partial charge on any atom is -0.465 e. The molecular formula is C27H55NO3. The Hall–Kier alpha value is -0.610. The molecule has 0 bridgehead atoms. The van der Waals surface area contributed by atoms with Crippen molar-refractivity contribution in [2.45, 2.75) is 136 Å². The van der Waals surface area contributed by atoms with Gasteiger partial charge >= 0.3 is 5.97 Å². The van der Waals surface area contributed by atoms with Gasteiger partial charge in [-0.15, -0.1) is 0 Å². The molecule has 2 N–H and O–H groups in total. The predicted octanol–water partition coefficient (Wildman–Crippen LogP) is 7.18. The summed E-state index contributed by atoms with van der Waals surface area (Å²) in [6, 6.07) is 0. The molecule has 0 fully saturated rings. The van der Waals surface area contributed by atoms with Crippen LogP contribution in [0.3, 0.4) is 0 Å². The minimum absolute atomic E-state index is 0.0178. The maximum atomic E-state index is 12.1. The maximum absolute atomic E-state index is 12.1. The molecule has 4 heteroatoms. The van der Waals surface area contributed by atoms with Crippen LogP contribution < -0.4 is 5.32 Å². The lowest BCUT2D eigenvalue weighted by Gasteiger charge is -2.17. The van der Waals surface area contributed by atoms with Crippen LogP contribution in [0.2, 0.25) is 0 Å². The van der Waals surface area contributed by atoms with Crippen LogP contribution in [0.25, 0.3) is 0 Å². The average molecular weight is 442 g/mol. The monoisotopic (exact) mass is 441 g/mol. The quantitative estimate of drug-likeness (QED) is 0.116. The summed E-state index contributed by atoms with van der Waals surface area (Å²) in [5.41, 5.74) is 0. The Kier molecular flexibility index (Phi) is 25.1. The van der Waals surface area contributed by atoms with E-state index in [0.29, 0.717) is 25.5 Å². The molecule has 1 unspecified atom stereocenters. The molecular weight excluding hydrogens is 386 g/mol. The molecule has 0 saturated carbocycles. The number of aliphatic hydroxyl groups excluding tert-OH is 1. The van der Waals surface area contributed by atoms with Crippen LogP contribution in [0.4, 0.5) is 0 Å². The Morgan fingerprint density at radius 2 is 1.23 bits per heavy atom. The number of aliphatic hydroxyl groups is 1. The highest BCUT2D eigenvalue weighted by molar-refractivity contribution is 5.69. The standard InChI is InChI=1S/C27H55NO3/c1-3-5-7-9-11-13-16-20-26(19-15-12-10-8-6-4-2)25-31-27(30)21-17-14-18-22-28-23-24-29/h26,28-29H,3-25H2,1-2H3. The van der Waals surface area contributed by atoms with Gasteiger partial charge in [-0.1, -0.05) is 104 Å². The average Bonchev–Trinajstić information content (AvgIpc) is 2.77. The number of unbranched alkanes of at least 4 members (excludes halogenated alkanes) is 13. The van der Waals surface area contributed by atoms with E-state index >= 15 is 0 Å². The molecule has 0 aromatic carbocycles. The minimum atomic E-state index is -0.0178. The molecule has 31 heavy (non-hydrogen) atoms. The Bertz CT molecular complexity index is 362. The van der Waals surface area contributed by atoms with Crippen molar-refractivity contribution >= 4 is 5.97 Å². The number of carbonyl (C=O) groups is 1. The van der Waals surface area contributed by atoms with Gasteiger partial charge in [0.05, 0.1) is 13.2 Å². The van der Waals surface area contributed by atoms with Crippen molar-refractivity contribution in [3.8, 4) is 0 Å². The van der Waals surface area contributed by atoms with Gasteiger partial charge in [0, 0.05) is 13.0 Å². The molecule has 0 spiro atoms.